The van der Waals surface area contributed by atoms with Gasteiger partial charge in [-0.1, -0.05) is 30.3 Å². The summed E-state index contributed by atoms with van der Waals surface area (Å²) in [6.45, 7) is 0. The number of carbonyl (C=O) groups excluding carboxylic acids is 2. The number of anilines is 2. The molecule has 0 bridgehead atoms. The molecule has 2 aliphatic heterocycles. The monoisotopic (exact) mass is 440 g/mol. The zero-order chi connectivity index (χ0) is 23.1. The van der Waals surface area contributed by atoms with Gasteiger partial charge in [0.1, 0.15) is 5.92 Å². The van der Waals surface area contributed by atoms with Crippen LogP contribution in [0.1, 0.15) is 17.2 Å². The van der Waals surface area contributed by atoms with E-state index in [9.17, 15) is 19.7 Å². The van der Waals surface area contributed by atoms with E-state index in [4.69, 9.17) is 10.1 Å². The maximum Gasteiger partial charge on any atom is 0.269 e. The van der Waals surface area contributed by atoms with Crippen molar-refractivity contribution < 1.29 is 19.3 Å². The SMILES string of the molecule is N#Cc1ccc([C@@H]2[C@H]3C(=O)N(c4ccc([N+](=O)[O-])cc4)C(=O)[C@H]3ON2c2ccccc2)cc1. The number of amides is 2. The fourth-order valence-electron chi connectivity index (χ4n) is 4.28. The average Bonchev–Trinajstić information content (AvgIpc) is 3.35. The summed E-state index contributed by atoms with van der Waals surface area (Å²) in [5.41, 5.74) is 1.99. The van der Waals surface area contributed by atoms with Crippen LogP contribution < -0.4 is 9.96 Å². The Hall–Kier alpha value is -4.55. The molecule has 0 saturated carbocycles. The van der Waals surface area contributed by atoms with Crippen molar-refractivity contribution in [3.8, 4) is 6.07 Å². The molecular weight excluding hydrogens is 424 g/mol. The molecule has 2 saturated heterocycles. The number of imide groups is 1. The number of rotatable bonds is 4. The molecule has 0 N–H and O–H groups in total. The molecule has 2 aliphatic rings. The molecule has 2 amide bonds. The molecule has 5 rings (SSSR count). The lowest BCUT2D eigenvalue weighted by Gasteiger charge is -2.28. The van der Waals surface area contributed by atoms with Crippen molar-refractivity contribution >= 4 is 28.9 Å². The van der Waals surface area contributed by atoms with E-state index in [0.717, 1.165) is 10.5 Å². The number of nitro groups is 1. The lowest BCUT2D eigenvalue weighted by atomic mass is 9.90. The second kappa shape index (κ2) is 7.85. The van der Waals surface area contributed by atoms with Crippen LogP contribution in [0.2, 0.25) is 0 Å². The van der Waals surface area contributed by atoms with Crippen molar-refractivity contribution in [3.63, 3.8) is 0 Å². The zero-order valence-corrected chi connectivity index (χ0v) is 17.1. The summed E-state index contributed by atoms with van der Waals surface area (Å²) in [4.78, 5) is 44.2. The summed E-state index contributed by atoms with van der Waals surface area (Å²) >= 11 is 0. The highest BCUT2D eigenvalue weighted by Gasteiger charge is 2.60. The van der Waals surface area contributed by atoms with Crippen molar-refractivity contribution in [1.29, 1.82) is 5.26 Å². The van der Waals surface area contributed by atoms with Gasteiger partial charge >= 0.3 is 0 Å². The van der Waals surface area contributed by atoms with Gasteiger partial charge < -0.3 is 0 Å². The Morgan fingerprint density at radius 3 is 2.15 bits per heavy atom. The Morgan fingerprint density at radius 1 is 0.879 bits per heavy atom. The van der Waals surface area contributed by atoms with Gasteiger partial charge in [0.25, 0.3) is 11.6 Å². The van der Waals surface area contributed by atoms with Gasteiger partial charge in [-0.15, -0.1) is 0 Å². The Kier molecular flexibility index (Phi) is 4.84. The standard InChI is InChI=1S/C24H16N4O5/c25-14-15-6-8-16(9-7-15)21-20-22(33-27(21)18-4-2-1-3-5-18)24(30)26(23(20)29)17-10-12-19(13-11-17)28(31)32/h1-13,20-22H/t20-,21-,22+/m1/s1. The molecule has 3 aromatic carbocycles. The van der Waals surface area contributed by atoms with E-state index in [2.05, 4.69) is 6.07 Å². The van der Waals surface area contributed by atoms with Crippen molar-refractivity contribution in [1.82, 2.24) is 0 Å². The maximum atomic E-state index is 13.5. The normalized spacial score (nSPS) is 21.7. The Labute approximate surface area is 188 Å². The second-order valence-electron chi connectivity index (χ2n) is 7.68. The second-order valence-corrected chi connectivity index (χ2v) is 7.68. The number of hydroxylamine groups is 1. The van der Waals surface area contributed by atoms with Gasteiger partial charge in [0, 0.05) is 12.1 Å². The molecule has 33 heavy (non-hydrogen) atoms. The van der Waals surface area contributed by atoms with Crippen LogP contribution in [-0.2, 0) is 14.4 Å². The zero-order valence-electron chi connectivity index (χ0n) is 17.1. The van der Waals surface area contributed by atoms with Gasteiger partial charge in [0.15, 0.2) is 6.10 Å². The van der Waals surface area contributed by atoms with Gasteiger partial charge in [-0.3, -0.25) is 24.5 Å². The van der Waals surface area contributed by atoms with Crippen molar-refractivity contribution in [2.24, 2.45) is 5.92 Å². The molecule has 0 radical (unpaired) electrons. The van der Waals surface area contributed by atoms with Crippen LogP contribution >= 0.6 is 0 Å². The maximum absolute atomic E-state index is 13.5. The fraction of sp³-hybridized carbons (Fsp3) is 0.125. The molecule has 3 aromatic rings. The number of carbonyl (C=O) groups is 2. The molecule has 2 fully saturated rings. The lowest BCUT2D eigenvalue weighted by molar-refractivity contribution is -0.384. The molecule has 2 heterocycles. The predicted octanol–water partition coefficient (Wildman–Crippen LogP) is 3.52. The van der Waals surface area contributed by atoms with E-state index in [1.807, 2.05) is 30.3 Å². The molecule has 0 spiro atoms. The fourth-order valence-corrected chi connectivity index (χ4v) is 4.28. The van der Waals surface area contributed by atoms with Crippen molar-refractivity contribution in [2.75, 3.05) is 9.96 Å². The van der Waals surface area contributed by atoms with Gasteiger partial charge in [-0.05, 0) is 42.0 Å². The number of hydrogen-bond acceptors (Lipinski definition) is 7. The number of nitro benzene ring substituents is 1. The predicted molar refractivity (Wildman–Crippen MR) is 117 cm³/mol. The number of para-hydroxylation sites is 1. The van der Waals surface area contributed by atoms with Crippen LogP contribution in [-0.4, -0.2) is 22.8 Å². The summed E-state index contributed by atoms with van der Waals surface area (Å²) in [5, 5.41) is 21.7. The molecule has 9 nitrogen and oxygen atoms in total. The van der Waals surface area contributed by atoms with Crippen LogP contribution in [0.3, 0.4) is 0 Å². The smallest absolute Gasteiger partial charge is 0.269 e. The molecule has 162 valence electrons. The van der Waals surface area contributed by atoms with Gasteiger partial charge in [-0.2, -0.15) is 5.26 Å². The van der Waals surface area contributed by atoms with Crippen molar-refractivity contribution in [3.05, 3.63) is 100 Å². The largest absolute Gasteiger partial charge is 0.273 e. The van der Waals surface area contributed by atoms with E-state index in [-0.39, 0.29) is 11.4 Å². The van der Waals surface area contributed by atoms with Crippen LogP contribution in [0.25, 0.3) is 0 Å². The lowest BCUT2D eigenvalue weighted by Crippen LogP contribution is -2.37. The van der Waals surface area contributed by atoms with E-state index in [0.29, 0.717) is 11.3 Å². The minimum Gasteiger partial charge on any atom is -0.273 e. The Balaban J connectivity index is 1.55. The molecular formula is C24H16N4O5. The highest BCUT2D eigenvalue weighted by molar-refractivity contribution is 6.23. The van der Waals surface area contributed by atoms with Gasteiger partial charge in [0.2, 0.25) is 5.91 Å². The molecule has 3 atom stereocenters. The quantitative estimate of drug-likeness (QED) is 0.346. The Morgan fingerprint density at radius 2 is 1.55 bits per heavy atom. The highest BCUT2D eigenvalue weighted by Crippen LogP contribution is 2.47. The van der Waals surface area contributed by atoms with E-state index >= 15 is 0 Å². The number of nitrogens with zero attached hydrogens (tertiary/aromatic N) is 4. The minimum atomic E-state index is -1.05. The third-order valence-corrected chi connectivity index (χ3v) is 5.83. The third-order valence-electron chi connectivity index (χ3n) is 5.83. The summed E-state index contributed by atoms with van der Waals surface area (Å²) in [7, 11) is 0. The minimum absolute atomic E-state index is 0.139. The third kappa shape index (κ3) is 3.30. The van der Waals surface area contributed by atoms with Gasteiger partial charge in [0.05, 0.1) is 34.0 Å². The van der Waals surface area contributed by atoms with Crippen LogP contribution in [0.4, 0.5) is 17.1 Å². The number of benzene rings is 3. The number of fused-ring (bicyclic) bond motifs is 1. The summed E-state index contributed by atoms with van der Waals surface area (Å²) < 4.78 is 0. The summed E-state index contributed by atoms with van der Waals surface area (Å²) in [5.74, 6) is -1.82. The first-order valence-electron chi connectivity index (χ1n) is 10.1. The number of hydrogen-bond donors (Lipinski definition) is 0. The van der Waals surface area contributed by atoms with E-state index in [1.165, 1.54) is 24.3 Å². The number of non-ortho nitro benzene ring substituents is 1. The first-order valence-corrected chi connectivity index (χ1v) is 10.1. The number of nitriles is 1. The average molecular weight is 440 g/mol. The molecule has 0 aromatic heterocycles. The van der Waals surface area contributed by atoms with E-state index in [1.54, 1.807) is 29.3 Å². The Bertz CT molecular complexity index is 1290. The van der Waals surface area contributed by atoms with Crippen molar-refractivity contribution in [2.45, 2.75) is 12.1 Å². The summed E-state index contributed by atoms with van der Waals surface area (Å²) in [6.07, 6.45) is -1.05. The van der Waals surface area contributed by atoms with Crippen LogP contribution in [0.15, 0.2) is 78.9 Å². The van der Waals surface area contributed by atoms with Crippen LogP contribution in [0, 0.1) is 27.4 Å². The summed E-state index contributed by atoms with van der Waals surface area (Å²) in [6, 6.07) is 22.7. The topological polar surface area (TPSA) is 117 Å². The first kappa shape index (κ1) is 20.4. The van der Waals surface area contributed by atoms with Gasteiger partial charge in [-0.25, -0.2) is 9.96 Å². The molecule has 0 unspecified atom stereocenters. The first-order chi connectivity index (χ1) is 16.0. The molecule has 9 heteroatoms. The van der Waals surface area contributed by atoms with E-state index < -0.39 is 34.8 Å². The van der Waals surface area contributed by atoms with Crippen LogP contribution in [0.5, 0.6) is 0 Å². The highest BCUT2D eigenvalue weighted by atomic mass is 16.7. The molecule has 0 aliphatic carbocycles.